The van der Waals surface area contributed by atoms with Crippen LogP contribution < -0.4 is 0 Å². The van der Waals surface area contributed by atoms with Gasteiger partial charge in [0.2, 0.25) is 0 Å². The van der Waals surface area contributed by atoms with Gasteiger partial charge < -0.3 is 5.11 Å². The minimum absolute atomic E-state index is 0.588. The zero-order valence-electron chi connectivity index (χ0n) is 14.2. The summed E-state index contributed by atoms with van der Waals surface area (Å²) in [6, 6.07) is 20.4. The maximum Gasteiger partial charge on any atom is 0.101 e. The van der Waals surface area contributed by atoms with Crippen molar-refractivity contribution in [1.82, 2.24) is 0 Å². The van der Waals surface area contributed by atoms with E-state index in [1.54, 1.807) is 0 Å². The third-order valence-corrected chi connectivity index (χ3v) is 4.62. The van der Waals surface area contributed by atoms with E-state index in [4.69, 9.17) is 0 Å². The van der Waals surface area contributed by atoms with Crippen molar-refractivity contribution in [3.8, 4) is 6.07 Å². The van der Waals surface area contributed by atoms with Crippen LogP contribution in [0.25, 0.3) is 10.8 Å². The van der Waals surface area contributed by atoms with E-state index in [-0.39, 0.29) is 0 Å². The molecule has 2 atom stereocenters. The molecule has 0 aliphatic rings. The van der Waals surface area contributed by atoms with Gasteiger partial charge in [-0.2, -0.15) is 5.26 Å². The van der Waals surface area contributed by atoms with Crippen LogP contribution >= 0.6 is 0 Å². The Morgan fingerprint density at radius 3 is 2.12 bits per heavy atom. The topological polar surface area (TPSA) is 44.0 Å². The van der Waals surface area contributed by atoms with Crippen molar-refractivity contribution in [1.29, 1.82) is 5.26 Å². The van der Waals surface area contributed by atoms with Gasteiger partial charge in [-0.15, -0.1) is 0 Å². The molecule has 0 aliphatic carbocycles. The van der Waals surface area contributed by atoms with Gasteiger partial charge in [-0.25, -0.2) is 0 Å². The molecule has 0 heterocycles. The van der Waals surface area contributed by atoms with E-state index in [1.807, 2.05) is 63.2 Å². The SMILES string of the molecule is Cc1cc(C)c([C@@H](O)[C@@H](C#N)c2ccc3ccccc3c2)c(C)c1. The molecule has 0 unspecified atom stereocenters. The molecule has 3 aromatic carbocycles. The number of rotatable bonds is 3. The minimum Gasteiger partial charge on any atom is -0.387 e. The number of aryl methyl sites for hydroxylation is 3. The van der Waals surface area contributed by atoms with Crippen LogP contribution in [0, 0.1) is 32.1 Å². The number of hydrogen-bond donors (Lipinski definition) is 1. The second-order valence-corrected chi connectivity index (χ2v) is 6.47. The van der Waals surface area contributed by atoms with Crippen molar-refractivity contribution in [3.05, 3.63) is 82.4 Å². The van der Waals surface area contributed by atoms with Crippen LogP contribution in [0.1, 0.15) is 39.8 Å². The molecule has 0 aliphatic heterocycles. The van der Waals surface area contributed by atoms with E-state index in [1.165, 1.54) is 5.56 Å². The lowest BCUT2D eigenvalue weighted by Crippen LogP contribution is -2.12. The Morgan fingerprint density at radius 1 is 0.875 bits per heavy atom. The zero-order chi connectivity index (χ0) is 17.3. The quantitative estimate of drug-likeness (QED) is 0.730. The van der Waals surface area contributed by atoms with Crippen molar-refractivity contribution in [2.45, 2.75) is 32.8 Å². The molecule has 0 fully saturated rings. The van der Waals surface area contributed by atoms with Crippen LogP contribution in [0.15, 0.2) is 54.6 Å². The lowest BCUT2D eigenvalue weighted by molar-refractivity contribution is 0.163. The number of fused-ring (bicyclic) bond motifs is 1. The highest BCUT2D eigenvalue weighted by Gasteiger charge is 2.25. The number of nitrogens with zero attached hydrogens (tertiary/aromatic N) is 1. The van der Waals surface area contributed by atoms with Crippen LogP contribution in [0.2, 0.25) is 0 Å². The monoisotopic (exact) mass is 315 g/mol. The predicted molar refractivity (Wildman–Crippen MR) is 97.9 cm³/mol. The van der Waals surface area contributed by atoms with Crippen LogP contribution in [0.5, 0.6) is 0 Å². The highest BCUT2D eigenvalue weighted by Crippen LogP contribution is 2.35. The summed E-state index contributed by atoms with van der Waals surface area (Å²) in [5, 5.41) is 22.9. The van der Waals surface area contributed by atoms with Crippen molar-refractivity contribution >= 4 is 10.8 Å². The first-order chi connectivity index (χ1) is 11.5. The molecule has 0 spiro atoms. The van der Waals surface area contributed by atoms with Gasteiger partial charge in [0.25, 0.3) is 0 Å². The molecule has 24 heavy (non-hydrogen) atoms. The second kappa shape index (κ2) is 6.47. The molecule has 3 aromatic rings. The van der Waals surface area contributed by atoms with E-state index in [0.29, 0.717) is 0 Å². The molecule has 2 heteroatoms. The van der Waals surface area contributed by atoms with Gasteiger partial charge in [-0.1, -0.05) is 54.1 Å². The molecular weight excluding hydrogens is 294 g/mol. The normalized spacial score (nSPS) is 13.5. The van der Waals surface area contributed by atoms with Gasteiger partial charge in [0.1, 0.15) is 5.92 Å². The third-order valence-electron chi connectivity index (χ3n) is 4.62. The highest BCUT2D eigenvalue weighted by molar-refractivity contribution is 5.83. The van der Waals surface area contributed by atoms with Crippen molar-refractivity contribution in [3.63, 3.8) is 0 Å². The van der Waals surface area contributed by atoms with E-state index < -0.39 is 12.0 Å². The average molecular weight is 315 g/mol. The second-order valence-electron chi connectivity index (χ2n) is 6.47. The molecule has 0 radical (unpaired) electrons. The van der Waals surface area contributed by atoms with Crippen LogP contribution in [-0.4, -0.2) is 5.11 Å². The Labute approximate surface area is 143 Å². The van der Waals surface area contributed by atoms with Gasteiger partial charge in [0.15, 0.2) is 0 Å². The first-order valence-corrected chi connectivity index (χ1v) is 8.15. The van der Waals surface area contributed by atoms with Gasteiger partial charge in [-0.05, 0) is 59.9 Å². The molecule has 0 saturated carbocycles. The number of aliphatic hydroxyl groups excluding tert-OH is 1. The van der Waals surface area contributed by atoms with Crippen molar-refractivity contribution < 1.29 is 5.11 Å². The van der Waals surface area contributed by atoms with Crippen molar-refractivity contribution in [2.24, 2.45) is 0 Å². The van der Waals surface area contributed by atoms with Crippen LogP contribution in [0.4, 0.5) is 0 Å². The standard InChI is InChI=1S/C22H21NO/c1-14-10-15(2)21(16(3)11-14)22(24)20(13-23)19-9-8-17-6-4-5-7-18(17)12-19/h4-12,20,22,24H,1-3H3/t20-,22-/m0/s1. The first-order valence-electron chi connectivity index (χ1n) is 8.15. The Morgan fingerprint density at radius 2 is 1.50 bits per heavy atom. The Bertz CT molecular complexity index is 913. The molecule has 0 aromatic heterocycles. The largest absolute Gasteiger partial charge is 0.387 e. The summed E-state index contributed by atoms with van der Waals surface area (Å²) >= 11 is 0. The fourth-order valence-electron chi connectivity index (χ4n) is 3.55. The number of benzene rings is 3. The summed E-state index contributed by atoms with van der Waals surface area (Å²) in [6.45, 7) is 6.03. The smallest absolute Gasteiger partial charge is 0.101 e. The van der Waals surface area contributed by atoms with Gasteiger partial charge in [0, 0.05) is 0 Å². The van der Waals surface area contributed by atoms with Gasteiger partial charge >= 0.3 is 0 Å². The molecule has 1 N–H and O–H groups in total. The zero-order valence-corrected chi connectivity index (χ0v) is 14.2. The van der Waals surface area contributed by atoms with Crippen LogP contribution in [-0.2, 0) is 0 Å². The summed E-state index contributed by atoms with van der Waals surface area (Å²) in [5.74, 6) is -0.588. The van der Waals surface area contributed by atoms with E-state index in [2.05, 4.69) is 18.2 Å². The Kier molecular flexibility index (Phi) is 4.38. The Balaban J connectivity index is 2.06. The minimum atomic E-state index is -0.836. The predicted octanol–water partition coefficient (Wildman–Crippen LogP) is 5.11. The average Bonchev–Trinajstić information content (AvgIpc) is 2.54. The lowest BCUT2D eigenvalue weighted by Gasteiger charge is -2.22. The van der Waals surface area contributed by atoms with Crippen molar-refractivity contribution in [2.75, 3.05) is 0 Å². The lowest BCUT2D eigenvalue weighted by atomic mass is 9.85. The molecule has 2 nitrogen and oxygen atoms in total. The molecule has 3 rings (SSSR count). The number of aliphatic hydroxyl groups is 1. The number of nitriles is 1. The molecular formula is C22H21NO. The summed E-state index contributed by atoms with van der Waals surface area (Å²) in [5.41, 5.74) is 4.94. The third kappa shape index (κ3) is 2.91. The summed E-state index contributed by atoms with van der Waals surface area (Å²) in [4.78, 5) is 0. The molecule has 0 amide bonds. The van der Waals surface area contributed by atoms with E-state index in [9.17, 15) is 10.4 Å². The van der Waals surface area contributed by atoms with Gasteiger partial charge in [0.05, 0.1) is 12.2 Å². The fraction of sp³-hybridized carbons (Fsp3) is 0.227. The van der Waals surface area contributed by atoms with Crippen LogP contribution in [0.3, 0.4) is 0 Å². The molecule has 120 valence electrons. The highest BCUT2D eigenvalue weighted by atomic mass is 16.3. The van der Waals surface area contributed by atoms with E-state index in [0.717, 1.165) is 33.0 Å². The maximum absolute atomic E-state index is 10.9. The summed E-state index contributed by atoms with van der Waals surface area (Å²) in [7, 11) is 0. The molecule has 0 saturated heterocycles. The number of hydrogen-bond acceptors (Lipinski definition) is 2. The van der Waals surface area contributed by atoms with E-state index >= 15 is 0 Å². The molecule has 0 bridgehead atoms. The first kappa shape index (κ1) is 16.2. The summed E-state index contributed by atoms with van der Waals surface area (Å²) < 4.78 is 0. The maximum atomic E-state index is 10.9. The summed E-state index contributed by atoms with van der Waals surface area (Å²) in [6.07, 6.45) is -0.836. The van der Waals surface area contributed by atoms with Gasteiger partial charge in [-0.3, -0.25) is 0 Å². The Hall–Kier alpha value is -2.63. The fourth-order valence-corrected chi connectivity index (χ4v) is 3.55.